The molecule has 0 unspecified atom stereocenters. The zero-order valence-electron chi connectivity index (χ0n) is 19.4. The summed E-state index contributed by atoms with van der Waals surface area (Å²) in [7, 11) is 3.00. The van der Waals surface area contributed by atoms with Gasteiger partial charge in [-0.25, -0.2) is 4.79 Å². The summed E-state index contributed by atoms with van der Waals surface area (Å²) in [6.45, 7) is 2.02. The molecule has 0 aliphatic rings. The summed E-state index contributed by atoms with van der Waals surface area (Å²) in [5, 5.41) is 0.872. The molecule has 0 N–H and O–H groups in total. The van der Waals surface area contributed by atoms with Crippen LogP contribution in [0.15, 0.2) is 69.9 Å². The molecule has 0 saturated heterocycles. The van der Waals surface area contributed by atoms with Gasteiger partial charge >= 0.3 is 5.97 Å². The first-order valence-corrected chi connectivity index (χ1v) is 11.2. The highest BCUT2D eigenvalue weighted by Crippen LogP contribution is 2.34. The molecule has 0 spiro atoms. The first-order chi connectivity index (χ1) is 17.0. The maximum absolute atomic E-state index is 13.5. The number of fused-ring (bicyclic) bond motifs is 1. The van der Waals surface area contributed by atoms with Crippen molar-refractivity contribution in [2.75, 3.05) is 20.8 Å². The third kappa shape index (κ3) is 4.95. The SMILES string of the molecule is CCOC(=O)c1oc2cc(OCc3ccccc3Cl)ccc2c(=O)c1-c1ccc(OC)c(OC)c1. The molecule has 180 valence electrons. The van der Waals surface area contributed by atoms with Crippen LogP contribution < -0.4 is 19.6 Å². The highest BCUT2D eigenvalue weighted by molar-refractivity contribution is 6.31. The number of ether oxygens (including phenoxy) is 4. The second kappa shape index (κ2) is 10.5. The van der Waals surface area contributed by atoms with Crippen LogP contribution in [0.2, 0.25) is 5.02 Å². The van der Waals surface area contributed by atoms with Crippen LogP contribution >= 0.6 is 11.6 Å². The first kappa shape index (κ1) is 24.2. The van der Waals surface area contributed by atoms with Crippen molar-refractivity contribution in [3.8, 4) is 28.4 Å². The average Bonchev–Trinajstić information content (AvgIpc) is 2.87. The summed E-state index contributed by atoms with van der Waals surface area (Å²) in [5.41, 5.74) is 1.12. The molecule has 0 fully saturated rings. The van der Waals surface area contributed by atoms with E-state index in [1.807, 2.05) is 18.2 Å². The van der Waals surface area contributed by atoms with E-state index in [0.29, 0.717) is 27.8 Å². The molecule has 0 saturated carbocycles. The van der Waals surface area contributed by atoms with Gasteiger partial charge < -0.3 is 23.4 Å². The Morgan fingerprint density at radius 2 is 1.74 bits per heavy atom. The van der Waals surface area contributed by atoms with Crippen molar-refractivity contribution in [3.05, 3.63) is 87.2 Å². The van der Waals surface area contributed by atoms with Crippen LogP contribution in [0, 0.1) is 0 Å². The van der Waals surface area contributed by atoms with E-state index in [2.05, 4.69) is 0 Å². The fourth-order valence-corrected chi connectivity index (χ4v) is 3.82. The minimum Gasteiger partial charge on any atom is -0.493 e. The maximum Gasteiger partial charge on any atom is 0.375 e. The van der Waals surface area contributed by atoms with Crippen molar-refractivity contribution in [1.29, 1.82) is 0 Å². The number of carbonyl (C=O) groups excluding carboxylic acids is 1. The van der Waals surface area contributed by atoms with Gasteiger partial charge in [-0.2, -0.15) is 0 Å². The summed E-state index contributed by atoms with van der Waals surface area (Å²) in [6.07, 6.45) is 0. The zero-order chi connectivity index (χ0) is 24.9. The molecule has 4 rings (SSSR count). The highest BCUT2D eigenvalue weighted by atomic mass is 35.5. The molecule has 1 aromatic heterocycles. The second-order valence-corrected chi connectivity index (χ2v) is 7.87. The lowest BCUT2D eigenvalue weighted by molar-refractivity contribution is 0.0492. The van der Waals surface area contributed by atoms with Gasteiger partial charge in [0.25, 0.3) is 0 Å². The molecule has 8 heteroatoms. The van der Waals surface area contributed by atoms with Crippen LogP contribution in [-0.2, 0) is 11.3 Å². The van der Waals surface area contributed by atoms with Crippen molar-refractivity contribution in [3.63, 3.8) is 0 Å². The van der Waals surface area contributed by atoms with Crippen molar-refractivity contribution in [2.24, 2.45) is 0 Å². The Hall–Kier alpha value is -3.97. The Bertz CT molecular complexity index is 1440. The third-order valence-electron chi connectivity index (χ3n) is 5.35. The largest absolute Gasteiger partial charge is 0.493 e. The molecular formula is C27H23ClO7. The normalized spacial score (nSPS) is 10.7. The smallest absolute Gasteiger partial charge is 0.375 e. The van der Waals surface area contributed by atoms with Gasteiger partial charge in [0.1, 0.15) is 17.9 Å². The molecule has 0 aliphatic heterocycles. The molecule has 1 heterocycles. The van der Waals surface area contributed by atoms with Crippen molar-refractivity contribution < 1.29 is 28.2 Å². The van der Waals surface area contributed by atoms with Gasteiger partial charge in [-0.15, -0.1) is 0 Å². The van der Waals surface area contributed by atoms with E-state index in [-0.39, 0.29) is 40.9 Å². The number of hydrogen-bond donors (Lipinski definition) is 0. The van der Waals surface area contributed by atoms with E-state index >= 15 is 0 Å². The van der Waals surface area contributed by atoms with Gasteiger partial charge in [-0.05, 0) is 42.8 Å². The van der Waals surface area contributed by atoms with Crippen LogP contribution in [0.5, 0.6) is 17.2 Å². The third-order valence-corrected chi connectivity index (χ3v) is 5.72. The number of hydrogen-bond acceptors (Lipinski definition) is 7. The predicted molar refractivity (Wildman–Crippen MR) is 133 cm³/mol. The lowest BCUT2D eigenvalue weighted by Crippen LogP contribution is -2.15. The average molecular weight is 495 g/mol. The summed E-state index contributed by atoms with van der Waals surface area (Å²) in [5.74, 6) is 0.384. The minimum atomic E-state index is -0.751. The Morgan fingerprint density at radius 3 is 2.46 bits per heavy atom. The molecule has 0 atom stereocenters. The first-order valence-electron chi connectivity index (χ1n) is 10.8. The van der Waals surface area contributed by atoms with Crippen LogP contribution in [0.25, 0.3) is 22.1 Å². The second-order valence-electron chi connectivity index (χ2n) is 7.46. The lowest BCUT2D eigenvalue weighted by atomic mass is 10.0. The van der Waals surface area contributed by atoms with E-state index in [1.165, 1.54) is 14.2 Å². The number of benzene rings is 3. The Morgan fingerprint density at radius 1 is 0.971 bits per heavy atom. The minimum absolute atomic E-state index is 0.0710. The molecule has 0 radical (unpaired) electrons. The quantitative estimate of drug-likeness (QED) is 0.282. The highest BCUT2D eigenvalue weighted by Gasteiger charge is 2.24. The maximum atomic E-state index is 13.5. The van der Waals surface area contributed by atoms with Gasteiger partial charge in [0.05, 0.1) is 31.8 Å². The molecule has 7 nitrogen and oxygen atoms in total. The van der Waals surface area contributed by atoms with E-state index < -0.39 is 5.97 Å². The van der Waals surface area contributed by atoms with Gasteiger partial charge in [0, 0.05) is 16.7 Å². The summed E-state index contributed by atoms with van der Waals surface area (Å²) in [4.78, 5) is 26.3. The summed E-state index contributed by atoms with van der Waals surface area (Å²) < 4.78 is 27.6. The predicted octanol–water partition coefficient (Wildman–Crippen LogP) is 5.89. The molecular weight excluding hydrogens is 472 g/mol. The van der Waals surface area contributed by atoms with Gasteiger partial charge in [0.2, 0.25) is 11.2 Å². The van der Waals surface area contributed by atoms with Crippen molar-refractivity contribution in [1.82, 2.24) is 0 Å². The Balaban J connectivity index is 1.81. The lowest BCUT2D eigenvalue weighted by Gasteiger charge is -2.13. The summed E-state index contributed by atoms with van der Waals surface area (Å²) >= 11 is 6.20. The van der Waals surface area contributed by atoms with Crippen LogP contribution in [0.1, 0.15) is 23.0 Å². The summed E-state index contributed by atoms with van der Waals surface area (Å²) in [6, 6.07) is 17.1. The molecule has 4 aromatic rings. The topological polar surface area (TPSA) is 84.2 Å². The number of carbonyl (C=O) groups is 1. The number of esters is 1. The molecule has 35 heavy (non-hydrogen) atoms. The Labute approximate surface area is 206 Å². The van der Waals surface area contributed by atoms with Crippen LogP contribution in [0.3, 0.4) is 0 Å². The Kier molecular flexibility index (Phi) is 7.27. The number of halogens is 1. The standard InChI is InChI=1S/C27H23ClO7/c1-4-33-27(30)26-24(16-9-12-21(31-2)23(13-16)32-3)25(29)19-11-10-18(14-22(19)35-26)34-15-17-7-5-6-8-20(17)28/h5-14H,4,15H2,1-3H3. The zero-order valence-corrected chi connectivity index (χ0v) is 20.2. The molecule has 0 aliphatic carbocycles. The van der Waals surface area contributed by atoms with E-state index in [4.69, 9.17) is 35.0 Å². The van der Waals surface area contributed by atoms with Crippen LogP contribution in [-0.4, -0.2) is 26.8 Å². The van der Waals surface area contributed by atoms with Gasteiger partial charge in [-0.3, -0.25) is 4.79 Å². The van der Waals surface area contributed by atoms with E-state index in [9.17, 15) is 9.59 Å². The van der Waals surface area contributed by atoms with Gasteiger partial charge in [0.15, 0.2) is 11.5 Å². The fourth-order valence-electron chi connectivity index (χ4n) is 3.63. The molecule has 0 amide bonds. The van der Waals surface area contributed by atoms with E-state index in [1.54, 1.807) is 49.4 Å². The number of rotatable bonds is 8. The number of methoxy groups -OCH3 is 2. The van der Waals surface area contributed by atoms with E-state index in [0.717, 1.165) is 5.56 Å². The molecule has 0 bridgehead atoms. The monoisotopic (exact) mass is 494 g/mol. The van der Waals surface area contributed by atoms with Crippen LogP contribution in [0.4, 0.5) is 0 Å². The van der Waals surface area contributed by atoms with Crippen molar-refractivity contribution >= 4 is 28.5 Å². The van der Waals surface area contributed by atoms with Gasteiger partial charge in [-0.1, -0.05) is 35.9 Å². The molecule has 3 aromatic carbocycles. The van der Waals surface area contributed by atoms with Crippen molar-refractivity contribution in [2.45, 2.75) is 13.5 Å². The fraction of sp³-hybridized carbons (Fsp3) is 0.185.